The molecule has 0 radical (unpaired) electrons. The lowest BCUT2D eigenvalue weighted by Crippen LogP contribution is -2.23. The average Bonchev–Trinajstić information content (AvgIpc) is 3.21. The van der Waals surface area contributed by atoms with Crippen LogP contribution in [-0.4, -0.2) is 44.1 Å². The number of benzene rings is 2. The van der Waals surface area contributed by atoms with Crippen molar-refractivity contribution in [2.24, 2.45) is 0 Å². The van der Waals surface area contributed by atoms with Gasteiger partial charge in [0.2, 0.25) is 5.78 Å². The molecule has 2 heterocycles. The van der Waals surface area contributed by atoms with E-state index in [0.29, 0.717) is 29.0 Å². The number of aromatic nitrogens is 4. The largest absolute Gasteiger partial charge is 0.345 e. The Morgan fingerprint density at radius 1 is 1.10 bits per heavy atom. The van der Waals surface area contributed by atoms with Gasteiger partial charge in [-0.25, -0.2) is 0 Å². The van der Waals surface area contributed by atoms with Gasteiger partial charge in [-0.1, -0.05) is 49.4 Å². The number of carbonyl (C=O) groups excluding carboxylic acids is 1. The van der Waals surface area contributed by atoms with Gasteiger partial charge >= 0.3 is 0 Å². The van der Waals surface area contributed by atoms with E-state index in [0.717, 1.165) is 29.1 Å². The molecule has 0 N–H and O–H groups in total. The van der Waals surface area contributed by atoms with Crippen molar-refractivity contribution in [1.29, 1.82) is 0 Å². The molecule has 31 heavy (non-hydrogen) atoms. The van der Waals surface area contributed by atoms with Crippen LogP contribution < -0.4 is 5.56 Å². The molecule has 0 aliphatic carbocycles. The monoisotopic (exact) mass is 435 g/mol. The van der Waals surface area contributed by atoms with Gasteiger partial charge in [-0.05, 0) is 36.2 Å². The van der Waals surface area contributed by atoms with Crippen LogP contribution in [0.15, 0.2) is 58.5 Å². The molecule has 4 aromatic rings. The topological polar surface area (TPSA) is 72.5 Å². The van der Waals surface area contributed by atoms with Crippen LogP contribution in [0.25, 0.3) is 16.7 Å². The van der Waals surface area contributed by atoms with Crippen molar-refractivity contribution in [3.63, 3.8) is 0 Å². The van der Waals surface area contributed by atoms with Gasteiger partial charge in [0, 0.05) is 32.0 Å². The number of rotatable bonds is 7. The lowest BCUT2D eigenvalue weighted by molar-refractivity contribution is 0.0827. The molecule has 0 spiro atoms. The minimum Gasteiger partial charge on any atom is -0.345 e. The Hall–Kier alpha value is -3.13. The Bertz CT molecular complexity index is 1310. The van der Waals surface area contributed by atoms with Crippen molar-refractivity contribution in [2.75, 3.05) is 14.1 Å². The van der Waals surface area contributed by atoms with Gasteiger partial charge in [0.1, 0.15) is 0 Å². The van der Waals surface area contributed by atoms with E-state index in [-0.39, 0.29) is 11.5 Å². The second-order valence-corrected chi connectivity index (χ2v) is 8.58. The first-order valence-corrected chi connectivity index (χ1v) is 11.3. The smallest absolute Gasteiger partial charge is 0.262 e. The third kappa shape index (κ3) is 4.07. The van der Waals surface area contributed by atoms with Crippen molar-refractivity contribution < 1.29 is 4.79 Å². The Kier molecular flexibility index (Phi) is 6.08. The van der Waals surface area contributed by atoms with E-state index < -0.39 is 0 Å². The lowest BCUT2D eigenvalue weighted by atomic mass is 10.1. The molecule has 4 rings (SSSR count). The van der Waals surface area contributed by atoms with E-state index in [9.17, 15) is 9.59 Å². The predicted molar refractivity (Wildman–Crippen MR) is 124 cm³/mol. The second-order valence-electron chi connectivity index (χ2n) is 7.63. The molecule has 2 aromatic heterocycles. The van der Waals surface area contributed by atoms with Crippen molar-refractivity contribution in [3.8, 4) is 0 Å². The zero-order valence-corrected chi connectivity index (χ0v) is 18.7. The Labute approximate surface area is 184 Å². The zero-order chi connectivity index (χ0) is 22.0. The summed E-state index contributed by atoms with van der Waals surface area (Å²) in [6.07, 6.45) is 1.89. The number of unbranched alkanes of at least 4 members (excludes halogenated alkanes) is 1. The zero-order valence-electron chi connectivity index (χ0n) is 17.9. The highest BCUT2D eigenvalue weighted by Crippen LogP contribution is 2.25. The maximum atomic E-state index is 13.0. The average molecular weight is 436 g/mol. The number of fused-ring (bicyclic) bond motifs is 3. The third-order valence-electron chi connectivity index (χ3n) is 5.16. The van der Waals surface area contributed by atoms with Crippen LogP contribution in [0.3, 0.4) is 0 Å². The highest BCUT2D eigenvalue weighted by Gasteiger charge is 2.17. The number of hydrogen-bond donors (Lipinski definition) is 0. The number of carbonyl (C=O) groups is 1. The third-order valence-corrected chi connectivity index (χ3v) is 6.16. The summed E-state index contributed by atoms with van der Waals surface area (Å²) in [5, 5.41) is 10.1. The number of para-hydroxylation sites is 1. The quantitative estimate of drug-likeness (QED) is 0.413. The Balaban J connectivity index is 1.73. The number of amides is 1. The Morgan fingerprint density at radius 3 is 2.68 bits per heavy atom. The molecule has 160 valence electrons. The first-order chi connectivity index (χ1) is 15.0. The molecule has 0 atom stereocenters. The first kappa shape index (κ1) is 21.1. The van der Waals surface area contributed by atoms with Crippen LogP contribution in [0.1, 0.15) is 35.7 Å². The van der Waals surface area contributed by atoms with E-state index >= 15 is 0 Å². The summed E-state index contributed by atoms with van der Waals surface area (Å²) in [6.45, 7) is 2.71. The summed E-state index contributed by atoms with van der Waals surface area (Å²) >= 11 is 1.54. The summed E-state index contributed by atoms with van der Waals surface area (Å²) in [5.74, 6) is 1.18. The van der Waals surface area contributed by atoms with Gasteiger partial charge < -0.3 is 4.90 Å². The molecule has 0 aliphatic heterocycles. The molecule has 0 bridgehead atoms. The minimum atomic E-state index is -0.0320. The van der Waals surface area contributed by atoms with E-state index in [1.165, 1.54) is 0 Å². The van der Waals surface area contributed by atoms with E-state index in [1.807, 2.05) is 52.9 Å². The van der Waals surface area contributed by atoms with Crippen LogP contribution in [0.5, 0.6) is 0 Å². The van der Waals surface area contributed by atoms with Gasteiger partial charge in [-0.15, -0.1) is 10.2 Å². The van der Waals surface area contributed by atoms with Crippen molar-refractivity contribution >= 4 is 34.3 Å². The minimum absolute atomic E-state index is 0.0225. The van der Waals surface area contributed by atoms with Crippen LogP contribution >= 0.6 is 11.8 Å². The summed E-state index contributed by atoms with van der Waals surface area (Å²) in [5.41, 5.74) is 2.46. The summed E-state index contributed by atoms with van der Waals surface area (Å²) < 4.78 is 3.69. The van der Waals surface area contributed by atoms with Crippen LogP contribution in [-0.2, 0) is 12.3 Å². The summed E-state index contributed by atoms with van der Waals surface area (Å²) in [4.78, 5) is 26.9. The molecular formula is C23H25N5O2S. The fourth-order valence-electron chi connectivity index (χ4n) is 3.55. The molecular weight excluding hydrogens is 410 g/mol. The van der Waals surface area contributed by atoms with Gasteiger partial charge in [-0.2, -0.15) is 0 Å². The standard InChI is InChI=1S/C23H25N5O2S/c1-4-5-13-27-21(30)18-11-6-7-12-19(18)28-22(27)24-25-23(28)31-15-16-9-8-10-17(14-16)20(29)26(2)3/h6-12,14H,4-5,13,15H2,1-3H3. The first-order valence-electron chi connectivity index (χ1n) is 10.3. The van der Waals surface area contributed by atoms with Crippen molar-refractivity contribution in [1.82, 2.24) is 24.1 Å². The lowest BCUT2D eigenvalue weighted by Gasteiger charge is -2.12. The fraction of sp³-hybridized carbons (Fsp3) is 0.304. The molecule has 1 amide bonds. The molecule has 0 saturated heterocycles. The normalized spacial score (nSPS) is 11.3. The fourth-order valence-corrected chi connectivity index (χ4v) is 4.43. The predicted octanol–water partition coefficient (Wildman–Crippen LogP) is 3.84. The molecule has 0 fully saturated rings. The van der Waals surface area contributed by atoms with Crippen molar-refractivity contribution in [2.45, 2.75) is 37.2 Å². The van der Waals surface area contributed by atoms with Crippen LogP contribution in [0, 0.1) is 0 Å². The molecule has 0 unspecified atom stereocenters. The number of nitrogens with zero attached hydrogens (tertiary/aromatic N) is 5. The van der Waals surface area contributed by atoms with Gasteiger partial charge in [-0.3, -0.25) is 18.6 Å². The summed E-state index contributed by atoms with van der Waals surface area (Å²) in [7, 11) is 3.49. The van der Waals surface area contributed by atoms with Gasteiger partial charge in [0.15, 0.2) is 5.16 Å². The van der Waals surface area contributed by atoms with Crippen molar-refractivity contribution in [3.05, 3.63) is 70.0 Å². The molecule has 7 nitrogen and oxygen atoms in total. The molecule has 0 saturated carbocycles. The maximum absolute atomic E-state index is 13.0. The second kappa shape index (κ2) is 8.93. The van der Waals surface area contributed by atoms with E-state index in [1.54, 1.807) is 35.3 Å². The molecule has 2 aromatic carbocycles. The number of aryl methyl sites for hydroxylation is 1. The highest BCUT2D eigenvalue weighted by atomic mass is 32.2. The molecule has 0 aliphatic rings. The maximum Gasteiger partial charge on any atom is 0.262 e. The van der Waals surface area contributed by atoms with Crippen LogP contribution in [0.4, 0.5) is 0 Å². The van der Waals surface area contributed by atoms with E-state index in [2.05, 4.69) is 17.1 Å². The van der Waals surface area contributed by atoms with Gasteiger partial charge in [0.05, 0.1) is 10.9 Å². The number of thioether (sulfide) groups is 1. The van der Waals surface area contributed by atoms with Gasteiger partial charge in [0.25, 0.3) is 11.5 Å². The number of hydrogen-bond acceptors (Lipinski definition) is 5. The SMILES string of the molecule is CCCCn1c(=O)c2ccccc2n2c(SCc3cccc(C(=O)N(C)C)c3)nnc12. The highest BCUT2D eigenvalue weighted by molar-refractivity contribution is 7.98. The van der Waals surface area contributed by atoms with Crippen LogP contribution in [0.2, 0.25) is 0 Å². The van der Waals surface area contributed by atoms with E-state index in [4.69, 9.17) is 0 Å². The Morgan fingerprint density at radius 2 is 1.90 bits per heavy atom. The molecule has 8 heteroatoms. The summed E-state index contributed by atoms with van der Waals surface area (Å²) in [6, 6.07) is 15.2.